The van der Waals surface area contributed by atoms with Gasteiger partial charge in [0.2, 0.25) is 0 Å². The zero-order valence-corrected chi connectivity index (χ0v) is 16.1. The molecule has 1 heteroatoms. The summed E-state index contributed by atoms with van der Waals surface area (Å²) in [7, 11) is 0. The summed E-state index contributed by atoms with van der Waals surface area (Å²) in [6, 6.07) is 18.2. The molecule has 1 saturated heterocycles. The molecule has 0 N–H and O–H groups in total. The summed E-state index contributed by atoms with van der Waals surface area (Å²) < 4.78 is 6.19. The van der Waals surface area contributed by atoms with Gasteiger partial charge in [0.05, 0.1) is 12.2 Å². The summed E-state index contributed by atoms with van der Waals surface area (Å²) >= 11 is 0. The Balaban J connectivity index is 1.49. The molecule has 138 valence electrons. The summed E-state index contributed by atoms with van der Waals surface area (Å²) in [6.07, 6.45) is 11.9. The van der Waals surface area contributed by atoms with E-state index >= 15 is 0 Å². The molecule has 1 fully saturated rings. The Hall–Kier alpha value is -1.86. The van der Waals surface area contributed by atoms with Gasteiger partial charge in [-0.05, 0) is 67.2 Å². The lowest BCUT2D eigenvalue weighted by Crippen LogP contribution is -2.05. The van der Waals surface area contributed by atoms with Gasteiger partial charge in [-0.3, -0.25) is 0 Å². The molecular weight excluding hydrogens is 316 g/mol. The van der Waals surface area contributed by atoms with Crippen LogP contribution in [0.1, 0.15) is 67.4 Å². The molecule has 0 aliphatic carbocycles. The molecule has 0 aromatic heterocycles. The molecule has 2 atom stereocenters. The van der Waals surface area contributed by atoms with Crippen molar-refractivity contribution < 1.29 is 4.74 Å². The highest BCUT2D eigenvalue weighted by molar-refractivity contribution is 5.27. The van der Waals surface area contributed by atoms with Crippen LogP contribution >= 0.6 is 0 Å². The molecule has 0 spiro atoms. The molecule has 0 radical (unpaired) electrons. The van der Waals surface area contributed by atoms with E-state index in [0.717, 1.165) is 25.7 Å². The maximum atomic E-state index is 6.19. The van der Waals surface area contributed by atoms with Gasteiger partial charge in [0.15, 0.2) is 0 Å². The average Bonchev–Trinajstić information content (AvgIpc) is 3.15. The van der Waals surface area contributed by atoms with Gasteiger partial charge in [0, 0.05) is 0 Å². The summed E-state index contributed by atoms with van der Waals surface area (Å²) in [5.74, 6) is 0. The minimum Gasteiger partial charge on any atom is -0.370 e. The van der Waals surface area contributed by atoms with E-state index in [1.54, 1.807) is 0 Å². The van der Waals surface area contributed by atoms with Crippen molar-refractivity contribution in [2.45, 2.75) is 70.5 Å². The third-order valence-corrected chi connectivity index (χ3v) is 5.43. The molecule has 2 unspecified atom stereocenters. The number of hydrogen-bond donors (Lipinski definition) is 0. The maximum absolute atomic E-state index is 6.19. The van der Waals surface area contributed by atoms with E-state index in [1.807, 2.05) is 6.08 Å². The van der Waals surface area contributed by atoms with E-state index in [0.29, 0.717) is 12.2 Å². The quantitative estimate of drug-likeness (QED) is 0.463. The summed E-state index contributed by atoms with van der Waals surface area (Å²) in [6.45, 7) is 6.03. The molecular formula is C25H32O. The van der Waals surface area contributed by atoms with Crippen LogP contribution in [0.2, 0.25) is 0 Å². The Morgan fingerprint density at radius 3 is 2.04 bits per heavy atom. The lowest BCUT2D eigenvalue weighted by Gasteiger charge is -2.14. The van der Waals surface area contributed by atoms with E-state index in [2.05, 4.69) is 62.0 Å². The Bertz CT molecular complexity index is 668. The second-order valence-electron chi connectivity index (χ2n) is 7.50. The first-order chi connectivity index (χ1) is 12.8. The van der Waals surface area contributed by atoms with Crippen molar-refractivity contribution in [1.82, 2.24) is 0 Å². The van der Waals surface area contributed by atoms with Crippen LogP contribution in [0.4, 0.5) is 0 Å². The van der Waals surface area contributed by atoms with Gasteiger partial charge >= 0.3 is 0 Å². The standard InChI is InChI=1S/C25H32O/c1-3-5-7-20-8-10-21(11-9-20)12-13-22-14-16-23(17-15-22)25-19-18-24(26-25)6-4-2/h3,8-11,14-17,24-25H,1,4-7,12-13,18-19H2,2H3. The van der Waals surface area contributed by atoms with Crippen LogP contribution in [-0.4, -0.2) is 6.10 Å². The van der Waals surface area contributed by atoms with Crippen LogP contribution in [0.15, 0.2) is 61.2 Å². The zero-order valence-electron chi connectivity index (χ0n) is 16.1. The number of ether oxygens (including phenoxy) is 1. The maximum Gasteiger partial charge on any atom is 0.0829 e. The second-order valence-corrected chi connectivity index (χ2v) is 7.50. The van der Waals surface area contributed by atoms with Crippen LogP contribution < -0.4 is 0 Å². The summed E-state index contributed by atoms with van der Waals surface area (Å²) in [5.41, 5.74) is 5.57. The van der Waals surface area contributed by atoms with Gasteiger partial charge in [0.1, 0.15) is 0 Å². The molecule has 1 aliphatic rings. The summed E-state index contributed by atoms with van der Waals surface area (Å²) in [4.78, 5) is 0. The normalized spacial score (nSPS) is 19.6. The van der Waals surface area contributed by atoms with Crippen LogP contribution in [0, 0.1) is 0 Å². The second kappa shape index (κ2) is 9.73. The molecule has 0 bridgehead atoms. The van der Waals surface area contributed by atoms with Crippen molar-refractivity contribution in [2.75, 3.05) is 0 Å². The SMILES string of the molecule is C=CCCc1ccc(CCc2ccc(C3CCC(CCC)O3)cc2)cc1. The highest BCUT2D eigenvalue weighted by Gasteiger charge is 2.25. The van der Waals surface area contributed by atoms with Crippen molar-refractivity contribution in [3.63, 3.8) is 0 Å². The van der Waals surface area contributed by atoms with Crippen LogP contribution in [0.5, 0.6) is 0 Å². The summed E-state index contributed by atoms with van der Waals surface area (Å²) in [5, 5.41) is 0. The molecule has 26 heavy (non-hydrogen) atoms. The minimum atomic E-state index is 0.309. The van der Waals surface area contributed by atoms with E-state index in [4.69, 9.17) is 4.74 Å². The predicted octanol–water partition coefficient (Wildman–Crippen LogP) is 6.61. The Labute approximate surface area is 159 Å². The van der Waals surface area contributed by atoms with E-state index < -0.39 is 0 Å². The molecule has 0 amide bonds. The van der Waals surface area contributed by atoms with Gasteiger partial charge in [-0.1, -0.05) is 68.0 Å². The Morgan fingerprint density at radius 1 is 0.885 bits per heavy atom. The van der Waals surface area contributed by atoms with Gasteiger partial charge in [-0.15, -0.1) is 6.58 Å². The third-order valence-electron chi connectivity index (χ3n) is 5.43. The van der Waals surface area contributed by atoms with Gasteiger partial charge < -0.3 is 4.74 Å². The molecule has 3 rings (SSSR count). The molecule has 1 heterocycles. The lowest BCUT2D eigenvalue weighted by molar-refractivity contribution is 0.0396. The average molecular weight is 349 g/mol. The fourth-order valence-corrected chi connectivity index (χ4v) is 3.81. The molecule has 1 aliphatic heterocycles. The fraction of sp³-hybridized carbons (Fsp3) is 0.440. The highest BCUT2D eigenvalue weighted by Crippen LogP contribution is 2.34. The van der Waals surface area contributed by atoms with Crippen molar-refractivity contribution in [2.24, 2.45) is 0 Å². The first kappa shape index (κ1) is 18.9. The Kier molecular flexibility index (Phi) is 7.08. The number of allylic oxidation sites excluding steroid dienone is 1. The van der Waals surface area contributed by atoms with Crippen molar-refractivity contribution in [3.8, 4) is 0 Å². The largest absolute Gasteiger partial charge is 0.370 e. The smallest absolute Gasteiger partial charge is 0.0829 e. The number of hydrogen-bond acceptors (Lipinski definition) is 1. The van der Waals surface area contributed by atoms with Crippen LogP contribution in [0.3, 0.4) is 0 Å². The van der Waals surface area contributed by atoms with E-state index in [1.165, 1.54) is 47.9 Å². The third kappa shape index (κ3) is 5.32. The van der Waals surface area contributed by atoms with Crippen LogP contribution in [-0.2, 0) is 24.0 Å². The van der Waals surface area contributed by atoms with Crippen molar-refractivity contribution in [3.05, 3.63) is 83.4 Å². The van der Waals surface area contributed by atoms with E-state index in [-0.39, 0.29) is 0 Å². The first-order valence-corrected chi connectivity index (χ1v) is 10.2. The monoisotopic (exact) mass is 348 g/mol. The topological polar surface area (TPSA) is 9.23 Å². The fourth-order valence-electron chi connectivity index (χ4n) is 3.81. The molecule has 2 aromatic carbocycles. The predicted molar refractivity (Wildman–Crippen MR) is 111 cm³/mol. The van der Waals surface area contributed by atoms with Gasteiger partial charge in [-0.2, -0.15) is 0 Å². The van der Waals surface area contributed by atoms with E-state index in [9.17, 15) is 0 Å². The number of rotatable bonds is 9. The van der Waals surface area contributed by atoms with Gasteiger partial charge in [0.25, 0.3) is 0 Å². The lowest BCUT2D eigenvalue weighted by atomic mass is 9.99. The molecule has 0 saturated carbocycles. The molecule has 1 nitrogen and oxygen atoms in total. The Morgan fingerprint density at radius 2 is 1.46 bits per heavy atom. The first-order valence-electron chi connectivity index (χ1n) is 10.2. The van der Waals surface area contributed by atoms with Crippen molar-refractivity contribution >= 4 is 0 Å². The van der Waals surface area contributed by atoms with Crippen LogP contribution in [0.25, 0.3) is 0 Å². The number of aryl methyl sites for hydroxylation is 3. The highest BCUT2D eigenvalue weighted by atomic mass is 16.5. The minimum absolute atomic E-state index is 0.309. The zero-order chi connectivity index (χ0) is 18.2. The molecule has 2 aromatic rings. The number of benzene rings is 2. The van der Waals surface area contributed by atoms with Crippen molar-refractivity contribution in [1.29, 1.82) is 0 Å². The van der Waals surface area contributed by atoms with Gasteiger partial charge in [-0.25, -0.2) is 0 Å².